The fourth-order valence-electron chi connectivity index (χ4n) is 13.5. The van der Waals surface area contributed by atoms with Gasteiger partial charge in [0.1, 0.15) is 0 Å². The second kappa shape index (κ2) is 11.9. The molecule has 0 aromatic rings. The standard InChI is InChI=1S/C38H68O4/c1-21(2)29-17-27(15-14-26-12-11-13-28(16-26)42-10)23(4)32-30(29)19-36(7)20-37(8)18-22(3)31(25(6)39)35(41)38(37,9)24(5)33(36)34(32)40/h21-35,39-41H,11-20H2,1-10H3. The third-order valence-corrected chi connectivity index (χ3v) is 15.7. The average Bonchev–Trinajstić information content (AvgIpc) is 2.89. The zero-order chi connectivity index (χ0) is 30.9. The lowest BCUT2D eigenvalue weighted by atomic mass is 9.33. The summed E-state index contributed by atoms with van der Waals surface area (Å²) in [5.74, 6) is 4.79. The van der Waals surface area contributed by atoms with Crippen LogP contribution >= 0.6 is 0 Å². The van der Waals surface area contributed by atoms with E-state index in [1.54, 1.807) is 0 Å². The van der Waals surface area contributed by atoms with Crippen molar-refractivity contribution < 1.29 is 20.1 Å². The molecular formula is C38H68O4. The molecular weight excluding hydrogens is 520 g/mol. The molecule has 5 fully saturated rings. The Balaban J connectivity index is 1.43. The summed E-state index contributed by atoms with van der Waals surface area (Å²) >= 11 is 0. The minimum Gasteiger partial charge on any atom is -0.393 e. The van der Waals surface area contributed by atoms with E-state index in [0.29, 0.717) is 41.6 Å². The molecule has 0 saturated heterocycles. The summed E-state index contributed by atoms with van der Waals surface area (Å²) in [6.07, 6.45) is 11.4. The van der Waals surface area contributed by atoms with Crippen LogP contribution in [0, 0.1) is 81.3 Å². The van der Waals surface area contributed by atoms with Crippen LogP contribution in [0.4, 0.5) is 0 Å². The molecule has 17 unspecified atom stereocenters. The summed E-state index contributed by atoms with van der Waals surface area (Å²) < 4.78 is 5.76. The van der Waals surface area contributed by atoms with Crippen LogP contribution in [0.2, 0.25) is 0 Å². The van der Waals surface area contributed by atoms with Gasteiger partial charge < -0.3 is 20.1 Å². The zero-order valence-electron chi connectivity index (χ0n) is 29.0. The fraction of sp³-hybridized carbons (Fsp3) is 1.00. The number of ether oxygens (including phenoxy) is 1. The van der Waals surface area contributed by atoms with E-state index in [4.69, 9.17) is 4.74 Å². The maximum atomic E-state index is 12.7. The van der Waals surface area contributed by atoms with Crippen molar-refractivity contribution in [3.05, 3.63) is 0 Å². The van der Waals surface area contributed by atoms with Crippen LogP contribution in [0.15, 0.2) is 0 Å². The van der Waals surface area contributed by atoms with Gasteiger partial charge >= 0.3 is 0 Å². The highest BCUT2D eigenvalue weighted by atomic mass is 16.5. The Morgan fingerprint density at radius 3 is 2.24 bits per heavy atom. The highest BCUT2D eigenvalue weighted by Crippen LogP contribution is 2.73. The maximum Gasteiger partial charge on any atom is 0.0656 e. The van der Waals surface area contributed by atoms with E-state index < -0.39 is 12.2 Å². The van der Waals surface area contributed by atoms with E-state index in [-0.39, 0.29) is 46.0 Å². The van der Waals surface area contributed by atoms with Gasteiger partial charge in [-0.05, 0) is 122 Å². The maximum absolute atomic E-state index is 12.7. The molecule has 17 atom stereocenters. The largest absolute Gasteiger partial charge is 0.393 e. The summed E-state index contributed by atoms with van der Waals surface area (Å²) in [6.45, 7) is 21.1. The van der Waals surface area contributed by atoms with E-state index in [9.17, 15) is 15.3 Å². The SMILES string of the molecule is COC1CCCC(CCC2CC(C(C)C)C3CC4(C)CC5(C)CC(C)C(C(C)O)C(O)C5(C)C(C)C4C(O)C3C2C)C1. The van der Waals surface area contributed by atoms with Crippen LogP contribution < -0.4 is 0 Å². The highest BCUT2D eigenvalue weighted by Gasteiger charge is 2.70. The quantitative estimate of drug-likeness (QED) is 0.294. The summed E-state index contributed by atoms with van der Waals surface area (Å²) in [5, 5.41) is 35.5. The number of aliphatic hydroxyl groups is 3. The summed E-state index contributed by atoms with van der Waals surface area (Å²) in [6, 6.07) is 0. The molecule has 5 aliphatic carbocycles. The van der Waals surface area contributed by atoms with Crippen molar-refractivity contribution in [3.63, 3.8) is 0 Å². The van der Waals surface area contributed by atoms with Gasteiger partial charge in [-0.15, -0.1) is 0 Å². The normalized spacial score (nSPS) is 55.4. The fourth-order valence-corrected chi connectivity index (χ4v) is 13.5. The number of methoxy groups -OCH3 is 1. The average molecular weight is 589 g/mol. The predicted molar refractivity (Wildman–Crippen MR) is 172 cm³/mol. The first-order chi connectivity index (χ1) is 19.6. The van der Waals surface area contributed by atoms with Crippen molar-refractivity contribution in [2.24, 2.45) is 81.3 Å². The predicted octanol–water partition coefficient (Wildman–Crippen LogP) is 7.97. The topological polar surface area (TPSA) is 69.9 Å². The Kier molecular flexibility index (Phi) is 9.40. The van der Waals surface area contributed by atoms with Crippen LogP contribution in [-0.4, -0.2) is 46.8 Å². The number of rotatable bonds is 6. The van der Waals surface area contributed by atoms with E-state index in [0.717, 1.165) is 18.8 Å². The molecule has 0 amide bonds. The Morgan fingerprint density at radius 1 is 0.929 bits per heavy atom. The van der Waals surface area contributed by atoms with Gasteiger partial charge in [-0.1, -0.05) is 74.7 Å². The number of aliphatic hydroxyl groups excluding tert-OH is 3. The Bertz CT molecular complexity index is 934. The van der Waals surface area contributed by atoms with Gasteiger partial charge in [0.2, 0.25) is 0 Å². The first kappa shape index (κ1) is 33.2. The Morgan fingerprint density at radius 2 is 1.62 bits per heavy atom. The monoisotopic (exact) mass is 589 g/mol. The van der Waals surface area contributed by atoms with Crippen molar-refractivity contribution in [1.82, 2.24) is 0 Å². The second-order valence-electron chi connectivity index (χ2n) is 18.1. The highest BCUT2D eigenvalue weighted by molar-refractivity contribution is 5.19. The van der Waals surface area contributed by atoms with Crippen LogP contribution in [0.5, 0.6) is 0 Å². The summed E-state index contributed by atoms with van der Waals surface area (Å²) in [7, 11) is 1.88. The van der Waals surface area contributed by atoms with Gasteiger partial charge in [0.05, 0.1) is 24.4 Å². The van der Waals surface area contributed by atoms with Gasteiger partial charge in [-0.25, -0.2) is 0 Å². The second-order valence-corrected chi connectivity index (χ2v) is 18.1. The van der Waals surface area contributed by atoms with Crippen molar-refractivity contribution in [2.45, 2.75) is 151 Å². The van der Waals surface area contributed by atoms with Gasteiger partial charge in [-0.3, -0.25) is 0 Å². The first-order valence-corrected chi connectivity index (χ1v) is 18.2. The molecule has 4 heteroatoms. The van der Waals surface area contributed by atoms with E-state index in [2.05, 4.69) is 55.4 Å². The van der Waals surface area contributed by atoms with Crippen LogP contribution in [0.25, 0.3) is 0 Å². The zero-order valence-corrected chi connectivity index (χ0v) is 29.0. The van der Waals surface area contributed by atoms with Crippen LogP contribution in [-0.2, 0) is 4.74 Å². The number of hydrogen-bond donors (Lipinski definition) is 3. The van der Waals surface area contributed by atoms with Crippen molar-refractivity contribution in [2.75, 3.05) is 7.11 Å². The van der Waals surface area contributed by atoms with Crippen LogP contribution in [0.1, 0.15) is 127 Å². The first-order valence-electron chi connectivity index (χ1n) is 18.2. The molecule has 0 aromatic carbocycles. The van der Waals surface area contributed by atoms with Crippen molar-refractivity contribution in [1.29, 1.82) is 0 Å². The molecule has 244 valence electrons. The minimum absolute atomic E-state index is 0.00927. The number of hydrogen-bond acceptors (Lipinski definition) is 4. The van der Waals surface area contributed by atoms with Gasteiger partial charge in [0.25, 0.3) is 0 Å². The molecule has 0 aromatic heterocycles. The lowest BCUT2D eigenvalue weighted by Gasteiger charge is -2.72. The van der Waals surface area contributed by atoms with Gasteiger partial charge in [-0.2, -0.15) is 0 Å². The van der Waals surface area contributed by atoms with Gasteiger partial charge in [0.15, 0.2) is 0 Å². The molecule has 5 aliphatic rings. The molecule has 0 heterocycles. The molecule has 42 heavy (non-hydrogen) atoms. The molecule has 0 bridgehead atoms. The third kappa shape index (κ3) is 5.17. The van der Waals surface area contributed by atoms with Crippen molar-refractivity contribution >= 4 is 0 Å². The lowest BCUT2D eigenvalue weighted by molar-refractivity contribution is -0.281. The lowest BCUT2D eigenvalue weighted by Crippen LogP contribution is -2.70. The molecule has 0 aliphatic heterocycles. The summed E-state index contributed by atoms with van der Waals surface area (Å²) in [5.41, 5.74) is -0.264. The summed E-state index contributed by atoms with van der Waals surface area (Å²) in [4.78, 5) is 0. The molecule has 3 N–H and O–H groups in total. The minimum atomic E-state index is -0.554. The van der Waals surface area contributed by atoms with Crippen molar-refractivity contribution in [3.8, 4) is 0 Å². The number of fused-ring (bicyclic) bond motifs is 3. The molecule has 5 rings (SSSR count). The van der Waals surface area contributed by atoms with Gasteiger partial charge in [0, 0.05) is 18.4 Å². The Hall–Kier alpha value is -0.160. The van der Waals surface area contributed by atoms with Crippen LogP contribution in [0.3, 0.4) is 0 Å². The van der Waals surface area contributed by atoms with E-state index in [1.807, 2.05) is 14.0 Å². The molecule has 5 saturated carbocycles. The molecule has 0 spiro atoms. The third-order valence-electron chi connectivity index (χ3n) is 15.7. The molecule has 0 radical (unpaired) electrons. The smallest absolute Gasteiger partial charge is 0.0656 e. The van der Waals surface area contributed by atoms with E-state index in [1.165, 1.54) is 51.4 Å². The van der Waals surface area contributed by atoms with E-state index >= 15 is 0 Å². The Labute approximate surface area is 259 Å². The molecule has 4 nitrogen and oxygen atoms in total.